The number of primary amides is 1. The molecule has 1 atom stereocenters. The van der Waals surface area contributed by atoms with E-state index in [1.807, 2.05) is 0 Å². The highest BCUT2D eigenvalue weighted by Gasteiger charge is 2.55. The fourth-order valence-corrected chi connectivity index (χ4v) is 2.96. The number of piperidine rings is 1. The second-order valence-corrected chi connectivity index (χ2v) is 5.40. The molecule has 2 aliphatic rings. The average Bonchev–Trinajstić information content (AvgIpc) is 2.46. The molecule has 8 heteroatoms. The van der Waals surface area contributed by atoms with Crippen molar-refractivity contribution in [2.24, 2.45) is 16.9 Å². The number of hydrogen-bond donors (Lipinski definition) is 3. The largest absolute Gasteiger partial charge is 0.394 e. The highest BCUT2D eigenvalue weighted by Crippen LogP contribution is 2.42. The number of nitrogens with two attached hydrogens (primary N) is 2. The molecule has 5 N–H and O–H groups in total. The van der Waals surface area contributed by atoms with Gasteiger partial charge in [-0.25, -0.2) is 0 Å². The van der Waals surface area contributed by atoms with Crippen LogP contribution in [0.2, 0.25) is 0 Å². The van der Waals surface area contributed by atoms with Crippen molar-refractivity contribution in [1.29, 1.82) is 0 Å². The predicted octanol–water partition coefficient (Wildman–Crippen LogP) is -2.76. The lowest BCUT2D eigenvalue weighted by atomic mass is 9.70. The number of carbonyl (C=O) groups excluding carboxylic acids is 3. The van der Waals surface area contributed by atoms with Crippen LogP contribution in [0.5, 0.6) is 0 Å². The summed E-state index contributed by atoms with van der Waals surface area (Å²) in [6, 6.07) is -0.947. The van der Waals surface area contributed by atoms with Gasteiger partial charge in [0.1, 0.15) is 6.04 Å². The van der Waals surface area contributed by atoms with Crippen LogP contribution in [0, 0.1) is 5.41 Å². The van der Waals surface area contributed by atoms with Crippen LogP contribution in [-0.2, 0) is 14.4 Å². The summed E-state index contributed by atoms with van der Waals surface area (Å²) in [5, 5.41) is 9.12. The van der Waals surface area contributed by atoms with Crippen LogP contribution in [0.3, 0.4) is 0 Å². The Labute approximate surface area is 116 Å². The van der Waals surface area contributed by atoms with Crippen molar-refractivity contribution >= 4 is 17.7 Å². The molecule has 2 saturated heterocycles. The zero-order chi connectivity index (χ0) is 14.9. The van der Waals surface area contributed by atoms with Gasteiger partial charge in [0.05, 0.1) is 18.6 Å². The van der Waals surface area contributed by atoms with Gasteiger partial charge in [-0.15, -0.1) is 0 Å². The lowest BCUT2D eigenvalue weighted by Crippen LogP contribution is -2.69. The highest BCUT2D eigenvalue weighted by atomic mass is 16.3. The zero-order valence-electron chi connectivity index (χ0n) is 11.2. The van der Waals surface area contributed by atoms with Gasteiger partial charge in [-0.2, -0.15) is 0 Å². The zero-order valence-corrected chi connectivity index (χ0v) is 11.2. The second kappa shape index (κ2) is 5.37. The van der Waals surface area contributed by atoms with Crippen molar-refractivity contribution in [3.05, 3.63) is 0 Å². The molecular weight excluding hydrogens is 264 g/mol. The molecule has 8 nitrogen and oxygen atoms in total. The maximum absolute atomic E-state index is 12.3. The van der Waals surface area contributed by atoms with Crippen LogP contribution in [-0.4, -0.2) is 71.5 Å². The molecule has 2 heterocycles. The van der Waals surface area contributed by atoms with E-state index in [1.54, 1.807) is 4.90 Å². The third-order valence-corrected chi connectivity index (χ3v) is 4.31. The molecule has 3 amide bonds. The van der Waals surface area contributed by atoms with E-state index >= 15 is 0 Å². The van der Waals surface area contributed by atoms with Gasteiger partial charge < -0.3 is 26.4 Å². The molecule has 0 bridgehead atoms. The van der Waals surface area contributed by atoms with Crippen molar-refractivity contribution < 1.29 is 19.5 Å². The summed E-state index contributed by atoms with van der Waals surface area (Å²) in [6.07, 6.45) is 1.12. The van der Waals surface area contributed by atoms with Crippen molar-refractivity contribution in [2.75, 3.05) is 32.8 Å². The van der Waals surface area contributed by atoms with E-state index in [0.29, 0.717) is 32.5 Å². The molecule has 0 radical (unpaired) electrons. The van der Waals surface area contributed by atoms with Crippen molar-refractivity contribution in [3.8, 4) is 0 Å². The smallest absolute Gasteiger partial charge is 0.242 e. The van der Waals surface area contributed by atoms with Crippen molar-refractivity contribution in [3.63, 3.8) is 0 Å². The molecule has 0 aromatic rings. The van der Waals surface area contributed by atoms with Gasteiger partial charge in [-0.3, -0.25) is 14.4 Å². The molecule has 2 aliphatic heterocycles. The van der Waals surface area contributed by atoms with Gasteiger partial charge in [0, 0.05) is 19.6 Å². The third-order valence-electron chi connectivity index (χ3n) is 4.31. The number of hydrogen-bond acceptors (Lipinski definition) is 5. The van der Waals surface area contributed by atoms with Gasteiger partial charge in [-0.1, -0.05) is 0 Å². The molecule has 2 fully saturated rings. The number of amides is 3. The van der Waals surface area contributed by atoms with Crippen LogP contribution in [0.4, 0.5) is 0 Å². The number of rotatable bonds is 4. The Morgan fingerprint density at radius 2 is 1.95 bits per heavy atom. The van der Waals surface area contributed by atoms with Crippen LogP contribution in [0.1, 0.15) is 12.8 Å². The summed E-state index contributed by atoms with van der Waals surface area (Å²) in [5.74, 6) is -0.976. The number of aliphatic hydroxyl groups is 1. The maximum Gasteiger partial charge on any atom is 0.242 e. The highest BCUT2D eigenvalue weighted by molar-refractivity contribution is 5.94. The van der Waals surface area contributed by atoms with E-state index in [9.17, 15) is 14.4 Å². The first-order valence-corrected chi connectivity index (χ1v) is 6.64. The molecule has 0 saturated carbocycles. The second-order valence-electron chi connectivity index (χ2n) is 5.40. The van der Waals surface area contributed by atoms with E-state index in [1.165, 1.54) is 4.90 Å². The standard InChI is InChI=1S/C12H20N4O4/c13-5-9(18)15-3-1-12(2-4-15)7-16(11(12)20)8(6-17)10(14)19/h8,17H,1-7,13H2,(H2,14,19)/t8-/m0/s1. The number of aliphatic hydroxyl groups excluding tert-OH is 1. The van der Waals surface area contributed by atoms with Crippen LogP contribution >= 0.6 is 0 Å². The normalized spacial score (nSPS) is 22.6. The molecular formula is C12H20N4O4. The Hall–Kier alpha value is -1.67. The summed E-state index contributed by atoms with van der Waals surface area (Å²) in [5.41, 5.74) is 9.96. The summed E-state index contributed by atoms with van der Waals surface area (Å²) in [7, 11) is 0. The lowest BCUT2D eigenvalue weighted by Gasteiger charge is -2.54. The van der Waals surface area contributed by atoms with Gasteiger partial charge in [0.25, 0.3) is 0 Å². The van der Waals surface area contributed by atoms with Gasteiger partial charge >= 0.3 is 0 Å². The SMILES string of the molecule is NCC(=O)N1CCC2(CC1)CN([C@@H](CO)C(N)=O)C2=O. The van der Waals surface area contributed by atoms with Gasteiger partial charge in [0.2, 0.25) is 17.7 Å². The fraction of sp³-hybridized carbons (Fsp3) is 0.750. The molecule has 0 aromatic heterocycles. The number of β-lactam (4-membered cyclic amide) rings is 1. The van der Waals surface area contributed by atoms with E-state index < -0.39 is 24.0 Å². The topological polar surface area (TPSA) is 130 Å². The first-order chi connectivity index (χ1) is 9.45. The summed E-state index contributed by atoms with van der Waals surface area (Å²) >= 11 is 0. The summed E-state index contributed by atoms with van der Waals surface area (Å²) in [6.45, 7) is 0.910. The van der Waals surface area contributed by atoms with E-state index in [2.05, 4.69) is 0 Å². The number of likely N-dealkylation sites (tertiary alicyclic amines) is 2. The van der Waals surface area contributed by atoms with Crippen molar-refractivity contribution in [1.82, 2.24) is 9.80 Å². The Balaban J connectivity index is 1.96. The third kappa shape index (κ3) is 2.25. The lowest BCUT2D eigenvalue weighted by molar-refractivity contribution is -0.174. The molecule has 112 valence electrons. The van der Waals surface area contributed by atoms with Gasteiger partial charge in [-0.05, 0) is 12.8 Å². The molecule has 1 spiro atoms. The molecule has 0 aromatic carbocycles. The molecule has 0 aliphatic carbocycles. The molecule has 20 heavy (non-hydrogen) atoms. The summed E-state index contributed by atoms with van der Waals surface area (Å²) < 4.78 is 0. The Morgan fingerprint density at radius 1 is 1.35 bits per heavy atom. The Kier molecular flexibility index (Phi) is 3.96. The fourth-order valence-electron chi connectivity index (χ4n) is 2.96. The van der Waals surface area contributed by atoms with E-state index in [4.69, 9.17) is 16.6 Å². The van der Waals surface area contributed by atoms with Crippen molar-refractivity contribution in [2.45, 2.75) is 18.9 Å². The van der Waals surface area contributed by atoms with E-state index in [0.717, 1.165) is 0 Å². The first kappa shape index (κ1) is 14.7. The number of nitrogens with zero attached hydrogens (tertiary/aromatic N) is 2. The minimum absolute atomic E-state index is 0.0265. The van der Waals surface area contributed by atoms with E-state index in [-0.39, 0.29) is 18.4 Å². The number of carbonyl (C=O) groups is 3. The maximum atomic E-state index is 12.3. The average molecular weight is 284 g/mol. The Morgan fingerprint density at radius 3 is 2.35 bits per heavy atom. The molecule has 0 unspecified atom stereocenters. The van der Waals surface area contributed by atoms with Crippen LogP contribution in [0.15, 0.2) is 0 Å². The molecule has 2 rings (SSSR count). The Bertz CT molecular complexity index is 431. The van der Waals surface area contributed by atoms with Gasteiger partial charge in [0.15, 0.2) is 0 Å². The predicted molar refractivity (Wildman–Crippen MR) is 69.1 cm³/mol. The minimum atomic E-state index is -0.947. The first-order valence-electron chi connectivity index (χ1n) is 6.64. The summed E-state index contributed by atoms with van der Waals surface area (Å²) in [4.78, 5) is 37.9. The minimum Gasteiger partial charge on any atom is -0.394 e. The van der Waals surface area contributed by atoms with Crippen LogP contribution < -0.4 is 11.5 Å². The van der Waals surface area contributed by atoms with Crippen LogP contribution in [0.25, 0.3) is 0 Å². The monoisotopic (exact) mass is 284 g/mol. The quantitative estimate of drug-likeness (QED) is 0.482.